The van der Waals surface area contributed by atoms with E-state index in [9.17, 15) is 4.79 Å². The zero-order valence-electron chi connectivity index (χ0n) is 10.5. The largest absolute Gasteiger partial charge is 0.367 e. The van der Waals surface area contributed by atoms with Crippen LogP contribution in [0.3, 0.4) is 0 Å². The first kappa shape index (κ1) is 11.8. The smallest absolute Gasteiger partial charge is 0.149 e. The maximum atomic E-state index is 11.1. The number of nitrogens with one attached hydrogen (secondary N) is 1. The Morgan fingerprint density at radius 3 is 2.82 bits per heavy atom. The van der Waals surface area contributed by atoms with Crippen LogP contribution in [0, 0.1) is 6.92 Å². The van der Waals surface area contributed by atoms with Gasteiger partial charge in [-0.3, -0.25) is 4.79 Å². The topological polar surface area (TPSA) is 58.1 Å². The molecule has 1 fully saturated rings. The Morgan fingerprint density at radius 2 is 2.24 bits per heavy atom. The normalized spacial score (nSPS) is 14.5. The summed E-state index contributed by atoms with van der Waals surface area (Å²) >= 11 is 0. The number of carbonyl (C=O) groups is 1. The molecule has 0 unspecified atom stereocenters. The van der Waals surface area contributed by atoms with Crippen molar-refractivity contribution in [3.63, 3.8) is 0 Å². The molecule has 1 aromatic heterocycles. The minimum Gasteiger partial charge on any atom is -0.367 e. The number of rotatable bonds is 5. The predicted octanol–water partition coefficient (Wildman–Crippen LogP) is 1.38. The number of Topliss-reactive ketones (excluding diaryl/α,β-unsaturated/α-hetero) is 1. The van der Waals surface area contributed by atoms with Crippen molar-refractivity contribution in [2.45, 2.75) is 32.7 Å². The molecule has 0 aromatic carbocycles. The molecule has 0 aliphatic heterocycles. The highest BCUT2D eigenvalue weighted by molar-refractivity contribution is 5.80. The van der Waals surface area contributed by atoms with Crippen molar-refractivity contribution in [1.29, 1.82) is 0 Å². The summed E-state index contributed by atoms with van der Waals surface area (Å²) in [5.74, 6) is 2.49. The van der Waals surface area contributed by atoms with Gasteiger partial charge in [-0.15, -0.1) is 0 Å². The molecule has 0 radical (unpaired) electrons. The van der Waals surface area contributed by atoms with Crippen molar-refractivity contribution in [2.24, 2.45) is 0 Å². The average molecular weight is 234 g/mol. The molecule has 1 saturated carbocycles. The molecule has 1 aliphatic carbocycles. The summed E-state index contributed by atoms with van der Waals surface area (Å²) in [4.78, 5) is 21.6. The Hall–Kier alpha value is -1.65. The molecular weight excluding hydrogens is 216 g/mol. The Balaban J connectivity index is 2.14. The third-order valence-electron chi connectivity index (χ3n) is 2.60. The zero-order valence-corrected chi connectivity index (χ0v) is 10.5. The molecule has 1 aliphatic rings. The van der Waals surface area contributed by atoms with Crippen LogP contribution in [-0.2, 0) is 4.79 Å². The van der Waals surface area contributed by atoms with E-state index in [2.05, 4.69) is 15.3 Å². The first-order valence-electron chi connectivity index (χ1n) is 5.87. The molecule has 92 valence electrons. The SMILES string of the molecule is CC(=O)CN(C)c1cc(NC2CC2)nc(C)n1. The fourth-order valence-electron chi connectivity index (χ4n) is 1.67. The fourth-order valence-corrected chi connectivity index (χ4v) is 1.67. The number of carbonyl (C=O) groups excluding carboxylic acids is 1. The lowest BCUT2D eigenvalue weighted by molar-refractivity contribution is -0.115. The van der Waals surface area contributed by atoms with Gasteiger partial charge in [-0.1, -0.05) is 0 Å². The highest BCUT2D eigenvalue weighted by Crippen LogP contribution is 2.25. The van der Waals surface area contributed by atoms with Crippen LogP contribution in [0.2, 0.25) is 0 Å². The fraction of sp³-hybridized carbons (Fsp3) is 0.583. The van der Waals surface area contributed by atoms with Gasteiger partial charge >= 0.3 is 0 Å². The molecule has 0 saturated heterocycles. The Labute approximate surface area is 101 Å². The van der Waals surface area contributed by atoms with E-state index in [1.165, 1.54) is 12.8 Å². The maximum absolute atomic E-state index is 11.1. The third-order valence-corrected chi connectivity index (χ3v) is 2.60. The monoisotopic (exact) mass is 234 g/mol. The van der Waals surface area contributed by atoms with Crippen LogP contribution in [0.25, 0.3) is 0 Å². The number of nitrogens with zero attached hydrogens (tertiary/aromatic N) is 3. The zero-order chi connectivity index (χ0) is 12.4. The van der Waals surface area contributed by atoms with Crippen molar-refractivity contribution in [2.75, 3.05) is 23.8 Å². The molecule has 1 aromatic rings. The van der Waals surface area contributed by atoms with Gasteiger partial charge in [0, 0.05) is 19.2 Å². The van der Waals surface area contributed by atoms with Crippen LogP contribution in [0.4, 0.5) is 11.6 Å². The molecule has 5 heteroatoms. The van der Waals surface area contributed by atoms with Gasteiger partial charge in [0.05, 0.1) is 6.54 Å². The van der Waals surface area contributed by atoms with E-state index < -0.39 is 0 Å². The number of hydrogen-bond acceptors (Lipinski definition) is 5. The number of anilines is 2. The lowest BCUT2D eigenvalue weighted by Crippen LogP contribution is -2.25. The standard InChI is InChI=1S/C12H18N4O/c1-8(17)7-16(3)12-6-11(13-9(2)14-12)15-10-4-5-10/h6,10H,4-5,7H2,1-3H3,(H,13,14,15). The summed E-state index contributed by atoms with van der Waals surface area (Å²) in [6, 6.07) is 2.46. The number of likely N-dealkylation sites (N-methyl/N-ethyl adjacent to an activating group) is 1. The van der Waals surface area contributed by atoms with Gasteiger partial charge in [-0.05, 0) is 26.7 Å². The third kappa shape index (κ3) is 3.41. The second-order valence-corrected chi connectivity index (χ2v) is 4.64. The Morgan fingerprint density at radius 1 is 1.53 bits per heavy atom. The quantitative estimate of drug-likeness (QED) is 0.834. The van der Waals surface area contributed by atoms with Gasteiger partial charge in [-0.2, -0.15) is 0 Å². The van der Waals surface area contributed by atoms with Gasteiger partial charge in [-0.25, -0.2) is 9.97 Å². The lowest BCUT2D eigenvalue weighted by Gasteiger charge is -2.17. The molecular formula is C12H18N4O. The van der Waals surface area contributed by atoms with Crippen molar-refractivity contribution in [3.8, 4) is 0 Å². The summed E-state index contributed by atoms with van der Waals surface area (Å²) in [5.41, 5.74) is 0. The second-order valence-electron chi connectivity index (χ2n) is 4.64. The molecule has 2 rings (SSSR count). The highest BCUT2D eigenvalue weighted by Gasteiger charge is 2.21. The molecule has 0 amide bonds. The first-order valence-corrected chi connectivity index (χ1v) is 5.87. The molecule has 1 N–H and O–H groups in total. The van der Waals surface area contributed by atoms with Gasteiger partial charge in [0.15, 0.2) is 0 Å². The molecule has 0 atom stereocenters. The molecule has 17 heavy (non-hydrogen) atoms. The van der Waals surface area contributed by atoms with Crippen LogP contribution >= 0.6 is 0 Å². The van der Waals surface area contributed by atoms with Crippen LogP contribution in [0.1, 0.15) is 25.6 Å². The van der Waals surface area contributed by atoms with Gasteiger partial charge < -0.3 is 10.2 Å². The summed E-state index contributed by atoms with van der Waals surface area (Å²) in [6.07, 6.45) is 2.42. The second kappa shape index (κ2) is 4.69. The van der Waals surface area contributed by atoms with E-state index in [0.29, 0.717) is 12.6 Å². The van der Waals surface area contributed by atoms with E-state index in [1.807, 2.05) is 24.9 Å². The van der Waals surface area contributed by atoms with Crippen molar-refractivity contribution in [1.82, 2.24) is 9.97 Å². The van der Waals surface area contributed by atoms with E-state index in [-0.39, 0.29) is 5.78 Å². The van der Waals surface area contributed by atoms with Crippen LogP contribution in [0.5, 0.6) is 0 Å². The summed E-state index contributed by atoms with van der Waals surface area (Å²) in [5, 5.41) is 3.34. The molecule has 0 bridgehead atoms. The van der Waals surface area contributed by atoms with E-state index in [0.717, 1.165) is 17.5 Å². The Bertz CT molecular complexity index is 429. The molecule has 5 nitrogen and oxygen atoms in total. The number of hydrogen-bond donors (Lipinski definition) is 1. The Kier molecular flexibility index (Phi) is 3.26. The van der Waals surface area contributed by atoms with Crippen molar-refractivity contribution in [3.05, 3.63) is 11.9 Å². The summed E-state index contributed by atoms with van der Waals surface area (Å²) in [6.45, 7) is 3.82. The first-order chi connectivity index (χ1) is 8.04. The lowest BCUT2D eigenvalue weighted by atomic mass is 10.4. The summed E-state index contributed by atoms with van der Waals surface area (Å²) < 4.78 is 0. The molecule has 0 spiro atoms. The van der Waals surface area contributed by atoms with Crippen LogP contribution in [0.15, 0.2) is 6.07 Å². The highest BCUT2D eigenvalue weighted by atomic mass is 16.1. The van der Waals surface area contributed by atoms with E-state index in [1.54, 1.807) is 6.92 Å². The van der Waals surface area contributed by atoms with Crippen LogP contribution < -0.4 is 10.2 Å². The van der Waals surface area contributed by atoms with Crippen LogP contribution in [-0.4, -0.2) is 35.4 Å². The number of aryl methyl sites for hydroxylation is 1. The van der Waals surface area contributed by atoms with E-state index >= 15 is 0 Å². The number of aromatic nitrogens is 2. The minimum atomic E-state index is 0.125. The number of ketones is 1. The van der Waals surface area contributed by atoms with E-state index in [4.69, 9.17) is 0 Å². The van der Waals surface area contributed by atoms with Gasteiger partial charge in [0.2, 0.25) is 0 Å². The maximum Gasteiger partial charge on any atom is 0.149 e. The predicted molar refractivity (Wildman–Crippen MR) is 67.4 cm³/mol. The van der Waals surface area contributed by atoms with Gasteiger partial charge in [0.1, 0.15) is 23.2 Å². The van der Waals surface area contributed by atoms with Crippen molar-refractivity contribution < 1.29 is 4.79 Å². The van der Waals surface area contributed by atoms with Crippen molar-refractivity contribution >= 4 is 17.4 Å². The van der Waals surface area contributed by atoms with Gasteiger partial charge in [0.25, 0.3) is 0 Å². The summed E-state index contributed by atoms with van der Waals surface area (Å²) in [7, 11) is 1.87. The minimum absolute atomic E-state index is 0.125. The average Bonchev–Trinajstić information content (AvgIpc) is 2.99. The molecule has 1 heterocycles.